The van der Waals surface area contributed by atoms with Gasteiger partial charge in [0.2, 0.25) is 0 Å². The number of hydrogen-bond donors (Lipinski definition) is 0. The van der Waals surface area contributed by atoms with Crippen molar-refractivity contribution in [2.75, 3.05) is 14.2 Å². The van der Waals surface area contributed by atoms with Gasteiger partial charge in [0, 0.05) is 18.0 Å². The van der Waals surface area contributed by atoms with Gasteiger partial charge in [-0.25, -0.2) is 0 Å². The van der Waals surface area contributed by atoms with Crippen LogP contribution < -0.4 is 9.47 Å². The maximum absolute atomic E-state index is 11.3. The molecule has 0 amide bonds. The maximum atomic E-state index is 11.3. The van der Waals surface area contributed by atoms with E-state index in [0.29, 0.717) is 17.1 Å². The van der Waals surface area contributed by atoms with Gasteiger partial charge < -0.3 is 9.47 Å². The Morgan fingerprint density at radius 2 is 1.59 bits per heavy atom. The first-order valence-electron chi connectivity index (χ1n) is 8.57. The summed E-state index contributed by atoms with van der Waals surface area (Å²) >= 11 is 0. The van der Waals surface area contributed by atoms with Crippen molar-refractivity contribution in [2.24, 2.45) is 0 Å². The number of carbonyl (C=O) groups is 1. The lowest BCUT2D eigenvalue weighted by molar-refractivity contribution is 0.111. The summed E-state index contributed by atoms with van der Waals surface area (Å²) in [6.07, 6.45) is 8.42. The third kappa shape index (κ3) is 3.90. The largest absolute Gasteiger partial charge is 0.496 e. The molecule has 2 aromatic carbocycles. The number of aldehydes is 1. The quantitative estimate of drug-likeness (QED) is 0.577. The number of hydrogen-bond acceptors (Lipinski definition) is 4. The summed E-state index contributed by atoms with van der Waals surface area (Å²) in [5, 5.41) is 0. The Morgan fingerprint density at radius 1 is 0.926 bits per heavy atom. The smallest absolute Gasteiger partial charge is 0.157 e. The van der Waals surface area contributed by atoms with Gasteiger partial charge in [-0.15, -0.1) is 0 Å². The number of benzene rings is 2. The Labute approximate surface area is 159 Å². The summed E-state index contributed by atoms with van der Waals surface area (Å²) in [6.45, 7) is 2.08. The Hall–Kier alpha value is -3.40. The van der Waals surface area contributed by atoms with E-state index in [9.17, 15) is 4.79 Å². The van der Waals surface area contributed by atoms with Gasteiger partial charge in [-0.1, -0.05) is 42.5 Å². The second-order valence-corrected chi connectivity index (χ2v) is 6.06. The molecule has 4 heteroatoms. The Morgan fingerprint density at radius 3 is 2.19 bits per heavy atom. The first kappa shape index (κ1) is 18.4. The molecule has 0 saturated heterocycles. The normalized spacial score (nSPS) is 10.8. The van der Waals surface area contributed by atoms with Crippen molar-refractivity contribution in [3.05, 3.63) is 77.1 Å². The molecule has 0 radical (unpaired) electrons. The molecule has 4 nitrogen and oxygen atoms in total. The van der Waals surface area contributed by atoms with Crippen LogP contribution in [0.1, 0.15) is 27.0 Å². The summed E-state index contributed by atoms with van der Waals surface area (Å²) in [6, 6.07) is 13.8. The fraction of sp³-hybridized carbons (Fsp3) is 0.130. The lowest BCUT2D eigenvalue weighted by Gasteiger charge is -2.11. The third-order valence-electron chi connectivity index (χ3n) is 4.48. The van der Waals surface area contributed by atoms with Crippen LogP contribution in [0.2, 0.25) is 0 Å². The lowest BCUT2D eigenvalue weighted by Crippen LogP contribution is -1.96. The molecule has 0 saturated carbocycles. The molecule has 0 spiro atoms. The highest BCUT2D eigenvalue weighted by atomic mass is 16.5. The topological polar surface area (TPSA) is 48.4 Å². The summed E-state index contributed by atoms with van der Waals surface area (Å²) in [4.78, 5) is 15.7. The molecule has 0 aliphatic carbocycles. The van der Waals surface area contributed by atoms with E-state index in [4.69, 9.17) is 9.47 Å². The number of pyridine rings is 1. The standard InChI is InChI=1S/C23H21NO3/c1-16-19(13-24-14-20(16)18-7-5-4-6-8-18)10-9-17-11-22(26-2)21(15-25)23(12-17)27-3/h4-15H,1-3H3/b10-9+. The highest BCUT2D eigenvalue weighted by molar-refractivity contribution is 5.86. The van der Waals surface area contributed by atoms with Gasteiger partial charge in [-0.05, 0) is 41.3 Å². The van der Waals surface area contributed by atoms with Gasteiger partial charge in [0.1, 0.15) is 11.5 Å². The molecule has 0 unspecified atom stereocenters. The van der Waals surface area contributed by atoms with Crippen molar-refractivity contribution in [3.8, 4) is 22.6 Å². The average molecular weight is 359 g/mol. The van der Waals surface area contributed by atoms with Crippen LogP contribution in [0.4, 0.5) is 0 Å². The van der Waals surface area contributed by atoms with Crippen LogP contribution in [-0.4, -0.2) is 25.5 Å². The fourth-order valence-corrected chi connectivity index (χ4v) is 2.98. The number of ether oxygens (including phenoxy) is 2. The highest BCUT2D eigenvalue weighted by Gasteiger charge is 2.11. The zero-order valence-electron chi connectivity index (χ0n) is 15.6. The number of methoxy groups -OCH3 is 2. The predicted molar refractivity (Wildman–Crippen MR) is 108 cm³/mol. The summed E-state index contributed by atoms with van der Waals surface area (Å²) in [5.41, 5.74) is 5.69. The van der Waals surface area contributed by atoms with Crippen molar-refractivity contribution < 1.29 is 14.3 Å². The van der Waals surface area contributed by atoms with Gasteiger partial charge in [0.15, 0.2) is 6.29 Å². The van der Waals surface area contributed by atoms with E-state index in [1.54, 1.807) is 0 Å². The van der Waals surface area contributed by atoms with E-state index in [0.717, 1.165) is 34.1 Å². The highest BCUT2D eigenvalue weighted by Crippen LogP contribution is 2.30. The van der Waals surface area contributed by atoms with Crippen LogP contribution in [-0.2, 0) is 0 Å². The fourth-order valence-electron chi connectivity index (χ4n) is 2.98. The van der Waals surface area contributed by atoms with Gasteiger partial charge in [-0.2, -0.15) is 0 Å². The second-order valence-electron chi connectivity index (χ2n) is 6.06. The summed E-state index contributed by atoms with van der Waals surface area (Å²) in [7, 11) is 3.07. The maximum Gasteiger partial charge on any atom is 0.157 e. The summed E-state index contributed by atoms with van der Waals surface area (Å²) < 4.78 is 10.6. The van der Waals surface area contributed by atoms with Gasteiger partial charge in [0.05, 0.1) is 19.8 Å². The van der Waals surface area contributed by atoms with Gasteiger partial charge in [0.25, 0.3) is 0 Å². The molecule has 27 heavy (non-hydrogen) atoms. The van der Waals surface area contributed by atoms with Crippen LogP contribution in [0.25, 0.3) is 23.3 Å². The minimum absolute atomic E-state index is 0.404. The van der Waals surface area contributed by atoms with E-state index in [2.05, 4.69) is 24.0 Å². The van der Waals surface area contributed by atoms with Crippen LogP contribution in [0, 0.1) is 6.92 Å². The van der Waals surface area contributed by atoms with E-state index in [1.165, 1.54) is 14.2 Å². The zero-order valence-corrected chi connectivity index (χ0v) is 15.6. The van der Waals surface area contributed by atoms with Crippen molar-refractivity contribution >= 4 is 18.4 Å². The molecule has 1 aromatic heterocycles. The molecule has 3 aromatic rings. The monoisotopic (exact) mass is 359 g/mol. The van der Waals surface area contributed by atoms with Crippen LogP contribution in [0.5, 0.6) is 11.5 Å². The van der Waals surface area contributed by atoms with Crippen LogP contribution in [0.3, 0.4) is 0 Å². The number of carbonyl (C=O) groups excluding carboxylic acids is 1. The van der Waals surface area contributed by atoms with Crippen molar-refractivity contribution in [1.82, 2.24) is 4.98 Å². The van der Waals surface area contributed by atoms with E-state index in [1.807, 2.05) is 54.9 Å². The molecule has 0 fully saturated rings. The first-order valence-corrected chi connectivity index (χ1v) is 8.57. The van der Waals surface area contributed by atoms with Gasteiger partial charge >= 0.3 is 0 Å². The van der Waals surface area contributed by atoms with E-state index < -0.39 is 0 Å². The minimum atomic E-state index is 0.404. The second kappa shape index (κ2) is 8.32. The first-order chi connectivity index (χ1) is 13.2. The van der Waals surface area contributed by atoms with Gasteiger partial charge in [-0.3, -0.25) is 9.78 Å². The summed E-state index contributed by atoms with van der Waals surface area (Å²) in [5.74, 6) is 0.966. The minimum Gasteiger partial charge on any atom is -0.496 e. The molecule has 0 aliphatic rings. The molecule has 0 atom stereocenters. The van der Waals surface area contributed by atoms with Crippen LogP contribution >= 0.6 is 0 Å². The SMILES string of the molecule is COc1cc(/C=C/c2cncc(-c3ccccc3)c2C)cc(OC)c1C=O. The Balaban J connectivity index is 1.99. The zero-order chi connectivity index (χ0) is 19.2. The van der Waals surface area contributed by atoms with Crippen LogP contribution in [0.15, 0.2) is 54.9 Å². The Bertz CT molecular complexity index is 953. The molecule has 0 bridgehead atoms. The lowest BCUT2D eigenvalue weighted by atomic mass is 9.99. The molecule has 0 N–H and O–H groups in total. The molecule has 3 rings (SSSR count). The number of nitrogens with zero attached hydrogens (tertiary/aromatic N) is 1. The Kier molecular flexibility index (Phi) is 5.67. The number of aromatic nitrogens is 1. The molecular weight excluding hydrogens is 338 g/mol. The van der Waals surface area contributed by atoms with Crippen molar-refractivity contribution in [1.29, 1.82) is 0 Å². The van der Waals surface area contributed by atoms with Crippen molar-refractivity contribution in [3.63, 3.8) is 0 Å². The van der Waals surface area contributed by atoms with E-state index in [-0.39, 0.29) is 0 Å². The average Bonchev–Trinajstić information content (AvgIpc) is 2.72. The number of rotatable bonds is 6. The molecule has 136 valence electrons. The van der Waals surface area contributed by atoms with Crippen molar-refractivity contribution in [2.45, 2.75) is 6.92 Å². The molecule has 0 aliphatic heterocycles. The van der Waals surface area contributed by atoms with E-state index >= 15 is 0 Å². The molecule has 1 heterocycles. The third-order valence-corrected chi connectivity index (χ3v) is 4.48. The predicted octanol–water partition coefficient (Wildman–Crippen LogP) is 5.06. The molecular formula is C23H21NO3.